The maximum atomic E-state index is 12.9. The molecular formula is C24H24ClNO4. The average Bonchev–Trinajstić information content (AvgIpc) is 2.74. The molecule has 0 radical (unpaired) electrons. The molecule has 0 aromatic heterocycles. The predicted octanol–water partition coefficient (Wildman–Crippen LogP) is 5.89. The second-order valence-corrected chi connectivity index (χ2v) is 7.04. The summed E-state index contributed by atoms with van der Waals surface area (Å²) in [4.78, 5) is 12.9. The second-order valence-electron chi connectivity index (χ2n) is 6.61. The molecule has 0 fully saturated rings. The summed E-state index contributed by atoms with van der Waals surface area (Å²) in [7, 11) is 1.54. The van der Waals surface area contributed by atoms with E-state index in [2.05, 4.69) is 5.32 Å². The van der Waals surface area contributed by atoms with Crippen molar-refractivity contribution < 1.29 is 19.0 Å². The molecule has 5 nitrogen and oxygen atoms in total. The molecule has 3 aromatic rings. The van der Waals surface area contributed by atoms with Crippen LogP contribution in [0.4, 0.5) is 5.69 Å². The van der Waals surface area contributed by atoms with Crippen molar-refractivity contribution in [3.8, 4) is 17.2 Å². The Morgan fingerprint density at radius 1 is 0.967 bits per heavy atom. The molecule has 3 aromatic carbocycles. The lowest BCUT2D eigenvalue weighted by Crippen LogP contribution is -2.14. The molecule has 30 heavy (non-hydrogen) atoms. The Hall–Kier alpha value is -3.18. The van der Waals surface area contributed by atoms with Gasteiger partial charge in [-0.2, -0.15) is 0 Å². The van der Waals surface area contributed by atoms with E-state index in [-0.39, 0.29) is 12.5 Å². The van der Waals surface area contributed by atoms with Gasteiger partial charge in [-0.1, -0.05) is 29.8 Å². The predicted molar refractivity (Wildman–Crippen MR) is 119 cm³/mol. The van der Waals surface area contributed by atoms with Crippen molar-refractivity contribution in [2.75, 3.05) is 19.0 Å². The van der Waals surface area contributed by atoms with Crippen molar-refractivity contribution in [2.45, 2.75) is 20.5 Å². The van der Waals surface area contributed by atoms with E-state index in [1.807, 2.05) is 38.1 Å². The third-order valence-corrected chi connectivity index (χ3v) is 4.74. The molecular weight excluding hydrogens is 402 g/mol. The van der Waals surface area contributed by atoms with E-state index in [4.69, 9.17) is 25.8 Å². The van der Waals surface area contributed by atoms with Crippen LogP contribution in [0.25, 0.3) is 0 Å². The molecule has 1 N–H and O–H groups in total. The van der Waals surface area contributed by atoms with Crippen molar-refractivity contribution in [3.05, 3.63) is 82.4 Å². The Labute approximate surface area is 181 Å². The van der Waals surface area contributed by atoms with Gasteiger partial charge in [-0.25, -0.2) is 0 Å². The Morgan fingerprint density at radius 3 is 2.47 bits per heavy atom. The zero-order chi connectivity index (χ0) is 21.5. The molecule has 156 valence electrons. The van der Waals surface area contributed by atoms with Crippen molar-refractivity contribution in [2.24, 2.45) is 0 Å². The molecule has 0 aliphatic carbocycles. The highest BCUT2D eigenvalue weighted by atomic mass is 35.5. The molecule has 1 amide bonds. The van der Waals surface area contributed by atoms with E-state index >= 15 is 0 Å². The van der Waals surface area contributed by atoms with Crippen LogP contribution in [0.5, 0.6) is 17.2 Å². The number of aryl methyl sites for hydroxylation is 1. The number of nitrogens with one attached hydrogen (secondary N) is 1. The van der Waals surface area contributed by atoms with Gasteiger partial charge in [0.1, 0.15) is 23.9 Å². The largest absolute Gasteiger partial charge is 0.495 e. The molecule has 0 bridgehead atoms. The fraction of sp³-hybridized carbons (Fsp3) is 0.208. The monoisotopic (exact) mass is 425 g/mol. The topological polar surface area (TPSA) is 56.8 Å². The summed E-state index contributed by atoms with van der Waals surface area (Å²) in [5.74, 6) is 1.72. The lowest BCUT2D eigenvalue weighted by Gasteiger charge is -2.15. The number of carbonyl (C=O) groups is 1. The summed E-state index contributed by atoms with van der Waals surface area (Å²) in [6.07, 6.45) is 0. The van der Waals surface area contributed by atoms with Gasteiger partial charge in [0.25, 0.3) is 5.91 Å². The van der Waals surface area contributed by atoms with Crippen LogP contribution in [-0.2, 0) is 6.61 Å². The Morgan fingerprint density at radius 2 is 1.73 bits per heavy atom. The quantitative estimate of drug-likeness (QED) is 0.489. The van der Waals surface area contributed by atoms with Gasteiger partial charge in [0.2, 0.25) is 0 Å². The highest BCUT2D eigenvalue weighted by Crippen LogP contribution is 2.29. The van der Waals surface area contributed by atoms with Gasteiger partial charge in [-0.15, -0.1) is 0 Å². The normalized spacial score (nSPS) is 10.4. The molecule has 0 aliphatic rings. The van der Waals surface area contributed by atoms with Crippen molar-refractivity contribution in [1.29, 1.82) is 0 Å². The van der Waals surface area contributed by atoms with E-state index in [1.165, 1.54) is 7.11 Å². The minimum atomic E-state index is -0.282. The Bertz CT molecular complexity index is 1040. The number of methoxy groups -OCH3 is 1. The zero-order valence-electron chi connectivity index (χ0n) is 17.2. The van der Waals surface area contributed by atoms with Crippen LogP contribution < -0.4 is 19.5 Å². The molecule has 3 rings (SSSR count). The van der Waals surface area contributed by atoms with Gasteiger partial charge in [0.05, 0.1) is 19.4 Å². The number of amides is 1. The third kappa shape index (κ3) is 5.24. The van der Waals surface area contributed by atoms with E-state index in [1.54, 1.807) is 36.4 Å². The first-order chi connectivity index (χ1) is 14.5. The standard InChI is InChI=1S/C24H24ClNO4/c1-4-29-22-11-9-17(13-18(22)15-30-21-8-6-5-7-16(21)2)24(27)26-20-14-19(25)10-12-23(20)28-3/h5-14H,4,15H2,1-3H3,(H,26,27). The molecule has 0 aliphatic heterocycles. The van der Waals surface area contributed by atoms with Crippen LogP contribution in [0.15, 0.2) is 60.7 Å². The van der Waals surface area contributed by atoms with Crippen molar-refractivity contribution >= 4 is 23.2 Å². The fourth-order valence-corrected chi connectivity index (χ4v) is 3.15. The van der Waals surface area contributed by atoms with Crippen LogP contribution in [0.2, 0.25) is 5.02 Å². The van der Waals surface area contributed by atoms with Crippen molar-refractivity contribution in [1.82, 2.24) is 0 Å². The van der Waals surface area contributed by atoms with Gasteiger partial charge in [-0.05, 0) is 61.9 Å². The van der Waals surface area contributed by atoms with Gasteiger partial charge in [0.15, 0.2) is 0 Å². The van der Waals surface area contributed by atoms with E-state index in [0.717, 1.165) is 16.9 Å². The third-order valence-electron chi connectivity index (χ3n) is 4.51. The maximum Gasteiger partial charge on any atom is 0.255 e. The first-order valence-electron chi connectivity index (χ1n) is 9.61. The minimum Gasteiger partial charge on any atom is -0.495 e. The SMILES string of the molecule is CCOc1ccc(C(=O)Nc2cc(Cl)ccc2OC)cc1COc1ccccc1C. The van der Waals surface area contributed by atoms with Crippen LogP contribution >= 0.6 is 11.6 Å². The van der Waals surface area contributed by atoms with E-state index in [0.29, 0.717) is 34.4 Å². The average molecular weight is 426 g/mol. The number of benzene rings is 3. The summed E-state index contributed by atoms with van der Waals surface area (Å²) in [6.45, 7) is 4.70. The van der Waals surface area contributed by atoms with Crippen LogP contribution in [0, 0.1) is 6.92 Å². The summed E-state index contributed by atoms with van der Waals surface area (Å²) < 4.78 is 17.0. The number of hydrogen-bond donors (Lipinski definition) is 1. The zero-order valence-corrected chi connectivity index (χ0v) is 18.0. The maximum absolute atomic E-state index is 12.9. The lowest BCUT2D eigenvalue weighted by atomic mass is 10.1. The molecule has 0 unspecified atom stereocenters. The Balaban J connectivity index is 1.83. The fourth-order valence-electron chi connectivity index (χ4n) is 2.98. The first-order valence-corrected chi connectivity index (χ1v) is 9.98. The summed E-state index contributed by atoms with van der Waals surface area (Å²) in [5.41, 5.74) is 2.80. The van der Waals surface area contributed by atoms with Gasteiger partial charge in [0, 0.05) is 16.1 Å². The minimum absolute atomic E-state index is 0.280. The second kappa shape index (κ2) is 10.0. The number of hydrogen-bond acceptors (Lipinski definition) is 4. The highest BCUT2D eigenvalue weighted by molar-refractivity contribution is 6.31. The first kappa shape index (κ1) is 21.5. The van der Waals surface area contributed by atoms with Crippen LogP contribution in [0.1, 0.15) is 28.4 Å². The van der Waals surface area contributed by atoms with Gasteiger partial charge >= 0.3 is 0 Å². The number of anilines is 1. The van der Waals surface area contributed by atoms with Crippen LogP contribution in [-0.4, -0.2) is 19.6 Å². The van der Waals surface area contributed by atoms with Gasteiger partial charge < -0.3 is 19.5 Å². The van der Waals surface area contributed by atoms with Crippen LogP contribution in [0.3, 0.4) is 0 Å². The summed E-state index contributed by atoms with van der Waals surface area (Å²) in [5, 5.41) is 3.35. The number of para-hydroxylation sites is 1. The van der Waals surface area contributed by atoms with Gasteiger partial charge in [-0.3, -0.25) is 4.79 Å². The van der Waals surface area contributed by atoms with Crippen molar-refractivity contribution in [3.63, 3.8) is 0 Å². The summed E-state index contributed by atoms with van der Waals surface area (Å²) >= 11 is 6.06. The number of ether oxygens (including phenoxy) is 3. The number of rotatable bonds is 8. The molecule has 0 saturated heterocycles. The number of halogens is 1. The lowest BCUT2D eigenvalue weighted by molar-refractivity contribution is 0.102. The Kier molecular flexibility index (Phi) is 7.20. The van der Waals surface area contributed by atoms with E-state index in [9.17, 15) is 4.79 Å². The molecule has 0 saturated carbocycles. The molecule has 0 heterocycles. The molecule has 0 atom stereocenters. The molecule has 0 spiro atoms. The summed E-state index contributed by atoms with van der Waals surface area (Å²) in [6, 6.07) is 18.1. The highest BCUT2D eigenvalue weighted by Gasteiger charge is 2.14. The van der Waals surface area contributed by atoms with E-state index < -0.39 is 0 Å². The number of carbonyl (C=O) groups excluding carboxylic acids is 1. The molecule has 6 heteroatoms. The smallest absolute Gasteiger partial charge is 0.255 e.